The van der Waals surface area contributed by atoms with Gasteiger partial charge in [-0.3, -0.25) is 0 Å². The predicted octanol–water partition coefficient (Wildman–Crippen LogP) is 5.13. The minimum absolute atomic E-state index is 0.133. The zero-order valence-electron chi connectivity index (χ0n) is 13.1. The van der Waals surface area contributed by atoms with Crippen LogP contribution in [-0.2, 0) is 10.0 Å². The third-order valence-electron chi connectivity index (χ3n) is 3.56. The standard InChI is InChI=1S/C19H16N2O2S/c1-15-11-13-17(14-12-15)24(22,23)21-20-19-10-6-5-9-18(19)16-7-3-2-4-8-16/h2-14H,1H3. The number of aryl methyl sites for hydroxylation is 1. The lowest BCUT2D eigenvalue weighted by molar-refractivity contribution is 0.595. The van der Waals surface area contributed by atoms with Gasteiger partial charge >= 0.3 is 0 Å². The van der Waals surface area contributed by atoms with Crippen LogP contribution in [0.4, 0.5) is 5.69 Å². The SMILES string of the molecule is Cc1ccc(S(=O)(=O)N=Nc2ccccc2-c2ccccc2)cc1. The van der Waals surface area contributed by atoms with Crippen molar-refractivity contribution in [3.63, 3.8) is 0 Å². The van der Waals surface area contributed by atoms with Gasteiger partial charge in [-0.1, -0.05) is 70.7 Å². The van der Waals surface area contributed by atoms with E-state index >= 15 is 0 Å². The number of hydrogen-bond donors (Lipinski definition) is 0. The van der Waals surface area contributed by atoms with E-state index < -0.39 is 10.0 Å². The quantitative estimate of drug-likeness (QED) is 0.620. The molecule has 0 aliphatic carbocycles. The van der Waals surface area contributed by atoms with Crippen LogP contribution in [0.5, 0.6) is 0 Å². The first-order chi connectivity index (χ1) is 11.6. The molecule has 0 N–H and O–H groups in total. The monoisotopic (exact) mass is 336 g/mol. The smallest absolute Gasteiger partial charge is 0.198 e. The van der Waals surface area contributed by atoms with E-state index in [4.69, 9.17) is 0 Å². The molecule has 0 aromatic heterocycles. The Balaban J connectivity index is 1.97. The summed E-state index contributed by atoms with van der Waals surface area (Å²) in [6.45, 7) is 1.90. The molecule has 0 unspecified atom stereocenters. The maximum Gasteiger partial charge on any atom is 0.299 e. The highest BCUT2D eigenvalue weighted by molar-refractivity contribution is 7.90. The summed E-state index contributed by atoms with van der Waals surface area (Å²) >= 11 is 0. The van der Waals surface area contributed by atoms with Crippen molar-refractivity contribution in [2.24, 2.45) is 9.63 Å². The minimum atomic E-state index is -3.82. The molecular weight excluding hydrogens is 320 g/mol. The van der Waals surface area contributed by atoms with Gasteiger partial charge in [-0.05, 0) is 30.7 Å². The van der Waals surface area contributed by atoms with Gasteiger partial charge in [-0.2, -0.15) is 8.42 Å². The molecule has 0 aliphatic rings. The van der Waals surface area contributed by atoms with Crippen LogP contribution in [0, 0.1) is 6.92 Å². The van der Waals surface area contributed by atoms with Gasteiger partial charge in [0.05, 0.1) is 10.6 Å². The highest BCUT2D eigenvalue weighted by Crippen LogP contribution is 2.30. The molecule has 4 nitrogen and oxygen atoms in total. The molecule has 0 saturated carbocycles. The summed E-state index contributed by atoms with van der Waals surface area (Å²) in [6.07, 6.45) is 0. The Bertz CT molecular complexity index is 964. The van der Waals surface area contributed by atoms with Crippen LogP contribution in [0.2, 0.25) is 0 Å². The number of rotatable bonds is 4. The Hall–Kier alpha value is -2.79. The van der Waals surface area contributed by atoms with Crippen molar-refractivity contribution < 1.29 is 8.42 Å². The lowest BCUT2D eigenvalue weighted by Gasteiger charge is -2.04. The van der Waals surface area contributed by atoms with Crippen LogP contribution in [0.3, 0.4) is 0 Å². The summed E-state index contributed by atoms with van der Waals surface area (Å²) < 4.78 is 28.2. The second-order valence-corrected chi connectivity index (χ2v) is 6.94. The molecule has 3 aromatic carbocycles. The first-order valence-corrected chi connectivity index (χ1v) is 8.89. The van der Waals surface area contributed by atoms with Crippen molar-refractivity contribution in [1.29, 1.82) is 0 Å². The van der Waals surface area contributed by atoms with Gasteiger partial charge < -0.3 is 0 Å². The van der Waals surface area contributed by atoms with Gasteiger partial charge in [0.15, 0.2) is 0 Å². The van der Waals surface area contributed by atoms with E-state index in [-0.39, 0.29) is 4.90 Å². The van der Waals surface area contributed by atoms with E-state index in [2.05, 4.69) is 9.63 Å². The van der Waals surface area contributed by atoms with Crippen molar-refractivity contribution in [3.8, 4) is 11.1 Å². The summed E-state index contributed by atoms with van der Waals surface area (Å²) in [5.74, 6) is 0. The van der Waals surface area contributed by atoms with Crippen molar-refractivity contribution >= 4 is 15.7 Å². The summed E-state index contributed by atoms with van der Waals surface area (Å²) in [7, 11) is -3.82. The Morgan fingerprint density at radius 3 is 2.08 bits per heavy atom. The second-order valence-electron chi connectivity index (χ2n) is 5.35. The lowest BCUT2D eigenvalue weighted by atomic mass is 10.0. The van der Waals surface area contributed by atoms with Gasteiger partial charge in [0.1, 0.15) is 0 Å². The van der Waals surface area contributed by atoms with Gasteiger partial charge in [0, 0.05) is 5.56 Å². The fourth-order valence-electron chi connectivity index (χ4n) is 2.28. The van der Waals surface area contributed by atoms with Gasteiger partial charge in [-0.15, -0.1) is 5.11 Å². The molecule has 0 heterocycles. The lowest BCUT2D eigenvalue weighted by Crippen LogP contribution is -1.95. The fraction of sp³-hybridized carbons (Fsp3) is 0.0526. The molecule has 0 radical (unpaired) electrons. The molecule has 0 saturated heterocycles. The molecule has 0 bridgehead atoms. The zero-order chi connectivity index (χ0) is 17.0. The van der Waals surface area contributed by atoms with Crippen LogP contribution in [0.25, 0.3) is 11.1 Å². The molecule has 5 heteroatoms. The molecule has 3 rings (SSSR count). The summed E-state index contributed by atoms with van der Waals surface area (Å²) in [5, 5.41) is 3.99. The predicted molar refractivity (Wildman–Crippen MR) is 94.8 cm³/mol. The highest BCUT2D eigenvalue weighted by atomic mass is 32.2. The molecule has 0 spiro atoms. The van der Waals surface area contributed by atoms with Crippen LogP contribution in [-0.4, -0.2) is 8.42 Å². The molecule has 3 aromatic rings. The minimum Gasteiger partial charge on any atom is -0.198 e. The average Bonchev–Trinajstić information content (AvgIpc) is 2.61. The first-order valence-electron chi connectivity index (χ1n) is 7.45. The maximum atomic E-state index is 12.3. The third kappa shape index (κ3) is 3.58. The van der Waals surface area contributed by atoms with Crippen molar-refractivity contribution in [2.45, 2.75) is 11.8 Å². The van der Waals surface area contributed by atoms with E-state index in [1.54, 1.807) is 24.3 Å². The summed E-state index contributed by atoms with van der Waals surface area (Å²) in [4.78, 5) is 0.133. The second kappa shape index (κ2) is 6.76. The molecule has 24 heavy (non-hydrogen) atoms. The number of benzene rings is 3. The van der Waals surface area contributed by atoms with Gasteiger partial charge in [-0.25, -0.2) is 0 Å². The molecule has 0 aliphatic heterocycles. The number of nitrogens with zero attached hydrogens (tertiary/aromatic N) is 2. The molecular formula is C19H16N2O2S. The Labute approximate surface area is 141 Å². The van der Waals surface area contributed by atoms with Crippen molar-refractivity contribution in [2.75, 3.05) is 0 Å². The Morgan fingerprint density at radius 1 is 0.750 bits per heavy atom. The number of hydrogen-bond acceptors (Lipinski definition) is 3. The zero-order valence-corrected chi connectivity index (χ0v) is 13.9. The number of sulfonamides is 1. The highest BCUT2D eigenvalue weighted by Gasteiger charge is 2.13. The van der Waals surface area contributed by atoms with Crippen LogP contribution >= 0.6 is 0 Å². The third-order valence-corrected chi connectivity index (χ3v) is 4.73. The van der Waals surface area contributed by atoms with Crippen LogP contribution in [0.1, 0.15) is 5.56 Å². The summed E-state index contributed by atoms with van der Waals surface area (Å²) in [5.41, 5.74) is 3.29. The van der Waals surface area contributed by atoms with E-state index in [1.165, 1.54) is 12.1 Å². The molecule has 0 amide bonds. The average molecular weight is 336 g/mol. The van der Waals surface area contributed by atoms with Gasteiger partial charge in [0.2, 0.25) is 0 Å². The molecule has 0 fully saturated rings. The van der Waals surface area contributed by atoms with Crippen molar-refractivity contribution in [1.82, 2.24) is 0 Å². The van der Waals surface area contributed by atoms with Gasteiger partial charge in [0.25, 0.3) is 10.0 Å². The Morgan fingerprint density at radius 2 is 1.38 bits per heavy atom. The first kappa shape index (κ1) is 16.1. The molecule has 0 atom stereocenters. The normalized spacial score (nSPS) is 11.7. The summed E-state index contributed by atoms with van der Waals surface area (Å²) in [6, 6.07) is 23.5. The van der Waals surface area contributed by atoms with E-state index in [1.807, 2.05) is 49.4 Å². The topological polar surface area (TPSA) is 58.9 Å². The van der Waals surface area contributed by atoms with Crippen LogP contribution < -0.4 is 0 Å². The van der Waals surface area contributed by atoms with Crippen molar-refractivity contribution in [3.05, 3.63) is 84.4 Å². The molecule has 120 valence electrons. The van der Waals surface area contributed by atoms with E-state index in [0.29, 0.717) is 5.69 Å². The maximum absolute atomic E-state index is 12.3. The fourth-order valence-corrected chi connectivity index (χ4v) is 3.05. The van der Waals surface area contributed by atoms with Crippen LogP contribution in [0.15, 0.2) is 93.4 Å². The van der Waals surface area contributed by atoms with E-state index in [0.717, 1.165) is 16.7 Å². The van der Waals surface area contributed by atoms with E-state index in [9.17, 15) is 8.42 Å². The Kier molecular flexibility index (Phi) is 4.53. The largest absolute Gasteiger partial charge is 0.299 e.